The molecule has 0 radical (unpaired) electrons. The molecule has 0 atom stereocenters. The van der Waals surface area contributed by atoms with E-state index in [-0.39, 0.29) is 0 Å². The predicted octanol–water partition coefficient (Wildman–Crippen LogP) is 2.49. The number of rotatable bonds is 7. The smallest absolute Gasteiger partial charge is 0.119 e. The third kappa shape index (κ3) is 5.36. The van der Waals surface area contributed by atoms with Gasteiger partial charge in [-0.05, 0) is 37.5 Å². The Labute approximate surface area is 102 Å². The van der Waals surface area contributed by atoms with Crippen LogP contribution in [0.3, 0.4) is 0 Å². The minimum Gasteiger partial charge on any atom is -0.491 e. The second-order valence-corrected chi connectivity index (χ2v) is 3.82. The van der Waals surface area contributed by atoms with Gasteiger partial charge in [-0.1, -0.05) is 17.3 Å². The van der Waals surface area contributed by atoms with Gasteiger partial charge in [-0.3, -0.25) is 0 Å². The Balaban J connectivity index is 2.39. The van der Waals surface area contributed by atoms with E-state index in [0.29, 0.717) is 13.2 Å². The van der Waals surface area contributed by atoms with E-state index in [4.69, 9.17) is 14.7 Å². The Bertz CT molecular complexity index is 346. The van der Waals surface area contributed by atoms with Gasteiger partial charge in [0.05, 0.1) is 12.3 Å². The lowest BCUT2D eigenvalue weighted by molar-refractivity contribution is 0.146. The third-order valence-electron chi connectivity index (χ3n) is 2.43. The molecule has 1 aromatic carbocycles. The van der Waals surface area contributed by atoms with Crippen molar-refractivity contribution in [1.29, 1.82) is 0 Å². The first-order valence-electron chi connectivity index (χ1n) is 5.64. The quantitative estimate of drug-likeness (QED) is 0.343. The number of hydrogen-bond donors (Lipinski definition) is 1. The first-order chi connectivity index (χ1) is 8.26. The van der Waals surface area contributed by atoms with Crippen molar-refractivity contribution in [2.75, 3.05) is 20.3 Å². The van der Waals surface area contributed by atoms with Gasteiger partial charge < -0.3 is 14.7 Å². The van der Waals surface area contributed by atoms with Crippen molar-refractivity contribution in [2.45, 2.75) is 19.8 Å². The maximum absolute atomic E-state index is 8.53. The summed E-state index contributed by atoms with van der Waals surface area (Å²) in [7, 11) is 1.65. The van der Waals surface area contributed by atoms with Crippen LogP contribution in [0.5, 0.6) is 5.75 Å². The third-order valence-corrected chi connectivity index (χ3v) is 2.43. The molecule has 1 aromatic rings. The van der Waals surface area contributed by atoms with E-state index in [1.165, 1.54) is 5.56 Å². The molecule has 4 heteroatoms. The van der Waals surface area contributed by atoms with E-state index >= 15 is 0 Å². The maximum atomic E-state index is 8.53. The van der Waals surface area contributed by atoms with Gasteiger partial charge in [0.25, 0.3) is 0 Å². The van der Waals surface area contributed by atoms with Crippen LogP contribution in [0.2, 0.25) is 0 Å². The van der Waals surface area contributed by atoms with Crippen LogP contribution in [0.25, 0.3) is 0 Å². The van der Waals surface area contributed by atoms with Gasteiger partial charge >= 0.3 is 0 Å². The molecular weight excluding hydrogens is 218 g/mol. The topological polar surface area (TPSA) is 51.0 Å². The summed E-state index contributed by atoms with van der Waals surface area (Å²) in [5, 5.41) is 11.7. The summed E-state index contributed by atoms with van der Waals surface area (Å²) in [6, 6.07) is 7.92. The number of ether oxygens (including phenoxy) is 2. The molecule has 1 N–H and O–H groups in total. The molecule has 0 aliphatic heterocycles. The summed E-state index contributed by atoms with van der Waals surface area (Å²) in [5.74, 6) is 0.846. The molecule has 0 amide bonds. The molecule has 0 spiro atoms. The summed E-state index contributed by atoms with van der Waals surface area (Å²) >= 11 is 0. The van der Waals surface area contributed by atoms with E-state index in [2.05, 4.69) is 5.16 Å². The Morgan fingerprint density at radius 2 is 1.94 bits per heavy atom. The van der Waals surface area contributed by atoms with Gasteiger partial charge in [-0.15, -0.1) is 0 Å². The van der Waals surface area contributed by atoms with E-state index in [1.54, 1.807) is 7.11 Å². The number of aryl methyl sites for hydroxylation is 1. The normalized spacial score (nSPS) is 11.5. The Kier molecular flexibility index (Phi) is 6.10. The van der Waals surface area contributed by atoms with Crippen molar-refractivity contribution in [3.05, 3.63) is 29.8 Å². The van der Waals surface area contributed by atoms with Crippen molar-refractivity contribution in [2.24, 2.45) is 5.16 Å². The first-order valence-corrected chi connectivity index (χ1v) is 5.64. The molecule has 0 aliphatic rings. The highest BCUT2D eigenvalue weighted by Crippen LogP contribution is 2.13. The van der Waals surface area contributed by atoms with Crippen molar-refractivity contribution in [3.8, 4) is 5.75 Å². The summed E-state index contributed by atoms with van der Waals surface area (Å²) in [6.07, 6.45) is 1.63. The zero-order chi connectivity index (χ0) is 12.5. The van der Waals surface area contributed by atoms with Gasteiger partial charge in [0, 0.05) is 7.11 Å². The van der Waals surface area contributed by atoms with Gasteiger partial charge in [0.1, 0.15) is 12.4 Å². The highest BCUT2D eigenvalue weighted by atomic mass is 16.5. The van der Waals surface area contributed by atoms with Crippen LogP contribution in [0.4, 0.5) is 0 Å². The molecule has 0 aromatic heterocycles. The van der Waals surface area contributed by atoms with Gasteiger partial charge in [-0.2, -0.15) is 0 Å². The summed E-state index contributed by atoms with van der Waals surface area (Å²) in [6.45, 7) is 2.96. The van der Waals surface area contributed by atoms with Crippen LogP contribution >= 0.6 is 0 Å². The highest BCUT2D eigenvalue weighted by molar-refractivity contribution is 5.81. The highest BCUT2D eigenvalue weighted by Gasteiger charge is 1.98. The fraction of sp³-hybridized carbons (Fsp3) is 0.462. The molecular formula is C13H19NO3. The molecule has 0 heterocycles. The molecule has 0 saturated carbocycles. The predicted molar refractivity (Wildman–Crippen MR) is 67.0 cm³/mol. The Hall–Kier alpha value is -1.55. The molecule has 1 rings (SSSR count). The van der Waals surface area contributed by atoms with E-state index in [0.717, 1.165) is 24.3 Å². The van der Waals surface area contributed by atoms with E-state index in [9.17, 15) is 0 Å². The number of hydrogen-bond acceptors (Lipinski definition) is 4. The maximum Gasteiger partial charge on any atom is 0.119 e. The molecule has 0 unspecified atom stereocenters. The zero-order valence-electron chi connectivity index (χ0n) is 10.3. The fourth-order valence-corrected chi connectivity index (χ4v) is 1.37. The summed E-state index contributed by atoms with van der Waals surface area (Å²) < 4.78 is 10.4. The standard InChI is InChI=1S/C13H19NO3/c1-11(14-15)3-4-12-5-7-13(8-6-12)17-10-9-16-2/h5-8,15H,3-4,9-10H2,1-2H3/b14-11+. The number of nitrogens with zero attached hydrogens (tertiary/aromatic N) is 1. The van der Waals surface area contributed by atoms with Gasteiger partial charge in [0.15, 0.2) is 0 Å². The van der Waals surface area contributed by atoms with Crippen LogP contribution in [-0.4, -0.2) is 31.2 Å². The molecule has 0 aliphatic carbocycles. The summed E-state index contributed by atoms with van der Waals surface area (Å²) in [4.78, 5) is 0. The minimum absolute atomic E-state index is 0.562. The molecule has 0 bridgehead atoms. The average molecular weight is 237 g/mol. The number of oxime groups is 1. The molecule has 0 fully saturated rings. The SMILES string of the molecule is COCCOc1ccc(CC/C(C)=N/O)cc1. The van der Waals surface area contributed by atoms with Crippen LogP contribution < -0.4 is 4.74 Å². The van der Waals surface area contributed by atoms with Crippen molar-refractivity contribution >= 4 is 5.71 Å². The van der Waals surface area contributed by atoms with Crippen LogP contribution in [0, 0.1) is 0 Å². The van der Waals surface area contributed by atoms with Crippen molar-refractivity contribution in [3.63, 3.8) is 0 Å². The van der Waals surface area contributed by atoms with Crippen LogP contribution in [-0.2, 0) is 11.2 Å². The Morgan fingerprint density at radius 1 is 1.24 bits per heavy atom. The monoisotopic (exact) mass is 237 g/mol. The minimum atomic E-state index is 0.562. The molecule has 17 heavy (non-hydrogen) atoms. The molecule has 94 valence electrons. The lowest BCUT2D eigenvalue weighted by atomic mass is 10.1. The van der Waals surface area contributed by atoms with Crippen molar-refractivity contribution < 1.29 is 14.7 Å². The average Bonchev–Trinajstić information content (AvgIpc) is 2.37. The van der Waals surface area contributed by atoms with E-state index < -0.39 is 0 Å². The fourth-order valence-electron chi connectivity index (χ4n) is 1.37. The van der Waals surface area contributed by atoms with E-state index in [1.807, 2.05) is 31.2 Å². The number of methoxy groups -OCH3 is 1. The zero-order valence-corrected chi connectivity index (χ0v) is 10.3. The lowest BCUT2D eigenvalue weighted by Gasteiger charge is -2.06. The van der Waals surface area contributed by atoms with Crippen LogP contribution in [0.15, 0.2) is 29.4 Å². The van der Waals surface area contributed by atoms with Crippen LogP contribution in [0.1, 0.15) is 18.9 Å². The lowest BCUT2D eigenvalue weighted by Crippen LogP contribution is -2.04. The largest absolute Gasteiger partial charge is 0.491 e. The second-order valence-electron chi connectivity index (χ2n) is 3.82. The van der Waals surface area contributed by atoms with Gasteiger partial charge in [0.2, 0.25) is 0 Å². The second kappa shape index (κ2) is 7.68. The van der Waals surface area contributed by atoms with Crippen molar-refractivity contribution in [1.82, 2.24) is 0 Å². The number of benzene rings is 1. The Morgan fingerprint density at radius 3 is 2.53 bits per heavy atom. The molecule has 0 saturated heterocycles. The summed E-state index contributed by atoms with van der Waals surface area (Å²) in [5.41, 5.74) is 1.94. The van der Waals surface area contributed by atoms with Gasteiger partial charge in [-0.25, -0.2) is 0 Å². The molecule has 4 nitrogen and oxygen atoms in total. The first kappa shape index (κ1) is 13.5.